The Hall–Kier alpha value is -1.34. The first-order chi connectivity index (χ1) is 7.66. The molecule has 1 aromatic carbocycles. The van der Waals surface area contributed by atoms with E-state index in [0.29, 0.717) is 0 Å². The van der Waals surface area contributed by atoms with Crippen LogP contribution in [0.5, 0.6) is 5.19 Å². The average molecular weight is 260 g/mol. The van der Waals surface area contributed by atoms with Crippen molar-refractivity contribution < 1.29 is 13.5 Å². The quantitative estimate of drug-likeness (QED) is 0.862. The second-order valence-electron chi connectivity index (χ2n) is 2.88. The van der Waals surface area contributed by atoms with Gasteiger partial charge >= 0.3 is 0 Å². The van der Waals surface area contributed by atoms with E-state index in [-0.39, 0.29) is 22.1 Å². The molecule has 1 aromatic heterocycles. The first kappa shape index (κ1) is 11.2. The molecule has 0 radical (unpaired) electrons. The number of benzene rings is 1. The molecule has 7 heteroatoms. The molecule has 2 rings (SSSR count). The van der Waals surface area contributed by atoms with E-state index in [9.17, 15) is 8.78 Å². The van der Waals surface area contributed by atoms with Crippen molar-refractivity contribution in [2.75, 3.05) is 0 Å². The number of nitrogens with one attached hydrogen (secondary N) is 1. The maximum atomic E-state index is 13.2. The first-order valence-electron chi connectivity index (χ1n) is 4.28. The van der Waals surface area contributed by atoms with E-state index in [1.165, 1.54) is 18.2 Å². The molecule has 0 spiro atoms. The van der Waals surface area contributed by atoms with E-state index in [0.717, 1.165) is 11.5 Å². The van der Waals surface area contributed by atoms with Crippen molar-refractivity contribution >= 4 is 23.8 Å². The number of aromatic nitrogens is 2. The number of rotatable bonds is 3. The largest absolute Gasteiger partial charge is 0.464 e. The van der Waals surface area contributed by atoms with Gasteiger partial charge in [0.2, 0.25) is 4.77 Å². The molecule has 0 aliphatic rings. The van der Waals surface area contributed by atoms with Gasteiger partial charge in [0.15, 0.2) is 0 Å². The number of ether oxygens (including phenoxy) is 1. The molecule has 0 saturated carbocycles. The summed E-state index contributed by atoms with van der Waals surface area (Å²) in [6.07, 6.45) is 0. The lowest BCUT2D eigenvalue weighted by Crippen LogP contribution is -2.01. The number of halogens is 2. The maximum Gasteiger partial charge on any atom is 0.292 e. The molecule has 0 unspecified atom stereocenters. The van der Waals surface area contributed by atoms with Crippen LogP contribution in [0.1, 0.15) is 5.56 Å². The summed E-state index contributed by atoms with van der Waals surface area (Å²) in [5.41, 5.74) is -0.122. The van der Waals surface area contributed by atoms with E-state index in [1.54, 1.807) is 0 Å². The molecule has 0 saturated heterocycles. The summed E-state index contributed by atoms with van der Waals surface area (Å²) in [6, 6.07) is 3.65. The van der Waals surface area contributed by atoms with E-state index in [1.807, 2.05) is 0 Å². The lowest BCUT2D eigenvalue weighted by Gasteiger charge is -2.04. The Bertz CT molecular complexity index is 532. The van der Waals surface area contributed by atoms with Crippen LogP contribution in [0.15, 0.2) is 18.2 Å². The topological polar surface area (TPSA) is 37.9 Å². The molecule has 0 atom stereocenters. The van der Waals surface area contributed by atoms with Crippen molar-refractivity contribution in [2.45, 2.75) is 6.61 Å². The van der Waals surface area contributed by atoms with Crippen LogP contribution >= 0.6 is 23.8 Å². The Kier molecular flexibility index (Phi) is 3.25. The molecule has 1 heterocycles. The lowest BCUT2D eigenvalue weighted by atomic mass is 10.2. The Morgan fingerprint density at radius 1 is 1.38 bits per heavy atom. The second-order valence-corrected chi connectivity index (χ2v) is 4.02. The lowest BCUT2D eigenvalue weighted by molar-refractivity contribution is 0.291. The van der Waals surface area contributed by atoms with Crippen LogP contribution in [0.3, 0.4) is 0 Å². The van der Waals surface area contributed by atoms with Crippen molar-refractivity contribution in [2.24, 2.45) is 0 Å². The van der Waals surface area contributed by atoms with E-state index in [2.05, 4.69) is 9.36 Å². The summed E-state index contributed by atoms with van der Waals surface area (Å²) >= 11 is 5.80. The van der Waals surface area contributed by atoms with Crippen LogP contribution in [-0.2, 0) is 6.61 Å². The monoisotopic (exact) mass is 260 g/mol. The third kappa shape index (κ3) is 2.42. The molecule has 84 valence electrons. The van der Waals surface area contributed by atoms with Gasteiger partial charge in [0.1, 0.15) is 18.2 Å². The normalized spacial score (nSPS) is 10.4. The van der Waals surface area contributed by atoms with Crippen LogP contribution in [0.4, 0.5) is 8.78 Å². The van der Waals surface area contributed by atoms with Gasteiger partial charge in [-0.3, -0.25) is 4.37 Å². The highest BCUT2D eigenvalue weighted by Gasteiger charge is 2.09. The summed E-state index contributed by atoms with van der Waals surface area (Å²) in [5, 5.41) is 0.257. The zero-order valence-corrected chi connectivity index (χ0v) is 9.50. The summed E-state index contributed by atoms with van der Waals surface area (Å²) < 4.78 is 34.4. The predicted molar refractivity (Wildman–Crippen MR) is 58.0 cm³/mol. The molecule has 2 aromatic rings. The Labute approximate surface area is 98.9 Å². The number of H-pyrrole nitrogens is 1. The van der Waals surface area contributed by atoms with Gasteiger partial charge < -0.3 is 4.74 Å². The molecule has 0 aliphatic carbocycles. The van der Waals surface area contributed by atoms with Gasteiger partial charge in [-0.25, -0.2) is 8.78 Å². The van der Waals surface area contributed by atoms with Crippen LogP contribution in [0, 0.1) is 16.4 Å². The highest BCUT2D eigenvalue weighted by Crippen LogP contribution is 2.17. The first-order valence-corrected chi connectivity index (χ1v) is 5.50. The Morgan fingerprint density at radius 3 is 2.62 bits per heavy atom. The standard InChI is InChI=1S/C9H6F2N2OS2/c10-6-2-1-3-7(11)5(6)4-14-9-12-8(15)13-16-9/h1-3H,4H2,(H,13,15). The fourth-order valence-corrected chi connectivity index (χ4v) is 1.82. The highest BCUT2D eigenvalue weighted by molar-refractivity contribution is 7.71. The van der Waals surface area contributed by atoms with Gasteiger partial charge in [-0.2, -0.15) is 4.98 Å². The summed E-state index contributed by atoms with van der Waals surface area (Å²) in [5.74, 6) is -1.28. The summed E-state index contributed by atoms with van der Waals surface area (Å²) in [7, 11) is 0. The van der Waals surface area contributed by atoms with Crippen LogP contribution in [0.2, 0.25) is 0 Å². The fourth-order valence-electron chi connectivity index (χ4n) is 1.08. The molecule has 1 N–H and O–H groups in total. The van der Waals surface area contributed by atoms with Crippen molar-refractivity contribution in [1.29, 1.82) is 0 Å². The second kappa shape index (κ2) is 4.67. The zero-order chi connectivity index (χ0) is 11.5. The Balaban J connectivity index is 2.13. The highest BCUT2D eigenvalue weighted by atomic mass is 32.1. The van der Waals surface area contributed by atoms with Gasteiger partial charge in [-0.05, 0) is 35.9 Å². The molecular formula is C9H6F2N2OS2. The van der Waals surface area contributed by atoms with Crippen LogP contribution in [-0.4, -0.2) is 9.36 Å². The minimum Gasteiger partial charge on any atom is -0.464 e. The van der Waals surface area contributed by atoms with Gasteiger partial charge in [-0.1, -0.05) is 6.07 Å². The molecule has 3 nitrogen and oxygen atoms in total. The molecule has 0 fully saturated rings. The number of nitrogens with zero attached hydrogens (tertiary/aromatic N) is 1. The predicted octanol–water partition coefficient (Wildman–Crippen LogP) is 3.06. The number of aromatic amines is 1. The summed E-state index contributed by atoms with van der Waals surface area (Å²) in [4.78, 5) is 3.80. The maximum absolute atomic E-state index is 13.2. The van der Waals surface area contributed by atoms with Gasteiger partial charge in [-0.15, -0.1) is 0 Å². The van der Waals surface area contributed by atoms with Crippen LogP contribution in [0.25, 0.3) is 0 Å². The fraction of sp³-hybridized carbons (Fsp3) is 0.111. The van der Waals surface area contributed by atoms with E-state index >= 15 is 0 Å². The smallest absolute Gasteiger partial charge is 0.292 e. The minimum atomic E-state index is -0.640. The minimum absolute atomic E-state index is 0.122. The van der Waals surface area contributed by atoms with Crippen LogP contribution < -0.4 is 4.74 Å². The molecule has 0 bridgehead atoms. The summed E-state index contributed by atoms with van der Waals surface area (Å²) in [6.45, 7) is -0.214. The molecule has 0 aliphatic heterocycles. The molecule has 0 amide bonds. The van der Waals surface area contributed by atoms with E-state index in [4.69, 9.17) is 17.0 Å². The van der Waals surface area contributed by atoms with Crippen molar-refractivity contribution in [3.8, 4) is 5.19 Å². The van der Waals surface area contributed by atoms with E-state index < -0.39 is 11.6 Å². The molecule has 16 heavy (non-hydrogen) atoms. The third-order valence-electron chi connectivity index (χ3n) is 1.82. The van der Waals surface area contributed by atoms with Gasteiger partial charge in [0.05, 0.1) is 5.56 Å². The zero-order valence-electron chi connectivity index (χ0n) is 7.87. The van der Waals surface area contributed by atoms with Crippen molar-refractivity contribution in [3.05, 3.63) is 40.2 Å². The van der Waals surface area contributed by atoms with Gasteiger partial charge in [0.25, 0.3) is 5.19 Å². The number of hydrogen-bond acceptors (Lipinski definition) is 4. The SMILES string of the molecule is Fc1cccc(F)c1COc1nc(=S)[nH]s1. The average Bonchev–Trinajstić information content (AvgIpc) is 2.63. The Morgan fingerprint density at radius 2 is 2.06 bits per heavy atom. The third-order valence-corrected chi connectivity index (χ3v) is 2.82. The van der Waals surface area contributed by atoms with Crippen molar-refractivity contribution in [3.63, 3.8) is 0 Å². The molecular weight excluding hydrogens is 254 g/mol. The van der Waals surface area contributed by atoms with Gasteiger partial charge in [0, 0.05) is 0 Å². The number of hydrogen-bond donors (Lipinski definition) is 1. The van der Waals surface area contributed by atoms with Crippen molar-refractivity contribution in [1.82, 2.24) is 9.36 Å².